The second-order valence-corrected chi connectivity index (χ2v) is 7.95. The van der Waals surface area contributed by atoms with Gasteiger partial charge >= 0.3 is 0 Å². The van der Waals surface area contributed by atoms with Crippen molar-refractivity contribution in [2.24, 2.45) is 7.05 Å². The molecule has 1 fully saturated rings. The number of hydrogen-bond donors (Lipinski definition) is 2. The van der Waals surface area contributed by atoms with E-state index in [-0.39, 0.29) is 6.54 Å². The summed E-state index contributed by atoms with van der Waals surface area (Å²) in [6.45, 7) is 0.932. The Morgan fingerprint density at radius 2 is 2.24 bits per heavy atom. The van der Waals surface area contributed by atoms with Crippen LogP contribution in [0.1, 0.15) is 23.5 Å². The van der Waals surface area contributed by atoms with Crippen molar-refractivity contribution in [2.45, 2.75) is 36.9 Å². The van der Waals surface area contributed by atoms with E-state index in [9.17, 15) is 8.42 Å². The second-order valence-electron chi connectivity index (χ2n) is 5.18. The number of sulfonamides is 1. The number of thiophene rings is 1. The van der Waals surface area contributed by atoms with Crippen LogP contribution in [0, 0.1) is 0 Å². The number of aryl methyl sites for hydroxylation is 1. The summed E-state index contributed by atoms with van der Waals surface area (Å²) in [5.41, 5.74) is 0. The molecular weight excluding hydrogens is 308 g/mol. The van der Waals surface area contributed by atoms with Crippen LogP contribution in [0.5, 0.6) is 0 Å². The zero-order valence-corrected chi connectivity index (χ0v) is 13.4. The van der Waals surface area contributed by atoms with Crippen LogP contribution in [0.3, 0.4) is 0 Å². The van der Waals surface area contributed by atoms with Crippen LogP contribution in [0.25, 0.3) is 0 Å². The first kappa shape index (κ1) is 14.7. The lowest BCUT2D eigenvalue weighted by Crippen LogP contribution is -2.24. The first-order valence-corrected chi connectivity index (χ1v) is 9.17. The van der Waals surface area contributed by atoms with Gasteiger partial charge in [0.05, 0.1) is 11.4 Å². The normalized spacial score (nSPS) is 15.5. The lowest BCUT2D eigenvalue weighted by Gasteiger charge is -2.05. The summed E-state index contributed by atoms with van der Waals surface area (Å²) < 4.78 is 28.9. The first-order valence-electron chi connectivity index (χ1n) is 6.81. The molecule has 3 rings (SSSR count). The Bertz CT molecular complexity index is 716. The summed E-state index contributed by atoms with van der Waals surface area (Å²) >= 11 is 1.47. The minimum atomic E-state index is -3.48. The van der Waals surface area contributed by atoms with Crippen molar-refractivity contribution in [3.8, 4) is 0 Å². The van der Waals surface area contributed by atoms with Gasteiger partial charge < -0.3 is 9.88 Å². The Labute approximate surface area is 128 Å². The second kappa shape index (κ2) is 5.88. The summed E-state index contributed by atoms with van der Waals surface area (Å²) in [6, 6.07) is 2.36. The molecule has 0 aromatic carbocycles. The predicted octanol–water partition coefficient (Wildman–Crippen LogP) is 1.21. The molecule has 1 saturated carbocycles. The standard InChI is InChI=1S/C13H18N4O2S2/c1-17-5-4-14-13(17)8-16-21(18,19)12-6-11(20-9-12)7-15-10-2-3-10/h4-6,9-10,15-16H,2-3,7-8H2,1H3. The highest BCUT2D eigenvalue weighted by molar-refractivity contribution is 7.89. The predicted molar refractivity (Wildman–Crippen MR) is 81.4 cm³/mol. The van der Waals surface area contributed by atoms with Gasteiger partial charge in [-0.05, 0) is 18.9 Å². The molecule has 0 atom stereocenters. The number of nitrogens with zero attached hydrogens (tertiary/aromatic N) is 2. The lowest BCUT2D eigenvalue weighted by atomic mass is 10.4. The van der Waals surface area contributed by atoms with E-state index in [2.05, 4.69) is 15.0 Å². The Morgan fingerprint density at radius 1 is 1.43 bits per heavy atom. The molecule has 1 aliphatic rings. The van der Waals surface area contributed by atoms with Gasteiger partial charge in [0, 0.05) is 42.3 Å². The van der Waals surface area contributed by atoms with Gasteiger partial charge in [-0.1, -0.05) is 0 Å². The van der Waals surface area contributed by atoms with Gasteiger partial charge in [0.2, 0.25) is 10.0 Å². The van der Waals surface area contributed by atoms with E-state index in [4.69, 9.17) is 0 Å². The molecular formula is C13H18N4O2S2. The molecule has 2 aromatic heterocycles. The molecule has 2 aromatic rings. The Balaban J connectivity index is 1.62. The van der Waals surface area contributed by atoms with Crippen molar-refractivity contribution < 1.29 is 8.42 Å². The zero-order valence-electron chi connectivity index (χ0n) is 11.7. The lowest BCUT2D eigenvalue weighted by molar-refractivity contribution is 0.578. The number of imidazole rings is 1. The van der Waals surface area contributed by atoms with Gasteiger partial charge in [-0.2, -0.15) is 0 Å². The fourth-order valence-electron chi connectivity index (χ4n) is 1.94. The highest BCUT2D eigenvalue weighted by Gasteiger charge is 2.21. The van der Waals surface area contributed by atoms with E-state index >= 15 is 0 Å². The maximum atomic E-state index is 12.2. The molecule has 114 valence electrons. The maximum absolute atomic E-state index is 12.2. The minimum absolute atomic E-state index is 0.192. The quantitative estimate of drug-likeness (QED) is 0.802. The van der Waals surface area contributed by atoms with Crippen LogP contribution in [0.2, 0.25) is 0 Å². The molecule has 0 aliphatic heterocycles. The summed E-state index contributed by atoms with van der Waals surface area (Å²) in [4.78, 5) is 5.47. The number of aromatic nitrogens is 2. The van der Waals surface area contributed by atoms with E-state index in [0.717, 1.165) is 11.4 Å². The molecule has 0 radical (unpaired) electrons. The summed E-state index contributed by atoms with van der Waals surface area (Å²) in [7, 11) is -1.64. The maximum Gasteiger partial charge on any atom is 0.241 e. The van der Waals surface area contributed by atoms with Crippen molar-refractivity contribution in [3.63, 3.8) is 0 Å². The molecule has 0 amide bonds. The molecule has 1 aliphatic carbocycles. The van der Waals surface area contributed by atoms with Crippen LogP contribution < -0.4 is 10.0 Å². The van der Waals surface area contributed by atoms with Crippen LogP contribution in [-0.4, -0.2) is 24.0 Å². The number of nitrogens with one attached hydrogen (secondary N) is 2. The van der Waals surface area contributed by atoms with Crippen LogP contribution >= 0.6 is 11.3 Å². The Kier molecular flexibility index (Phi) is 4.12. The van der Waals surface area contributed by atoms with Crippen LogP contribution in [0.15, 0.2) is 28.7 Å². The van der Waals surface area contributed by atoms with Crippen molar-refractivity contribution >= 4 is 21.4 Å². The van der Waals surface area contributed by atoms with Crippen molar-refractivity contribution in [1.29, 1.82) is 0 Å². The van der Waals surface area contributed by atoms with Crippen molar-refractivity contribution in [3.05, 3.63) is 34.5 Å². The van der Waals surface area contributed by atoms with E-state index < -0.39 is 10.0 Å². The van der Waals surface area contributed by atoms with Gasteiger partial charge in [0.1, 0.15) is 5.82 Å². The van der Waals surface area contributed by atoms with Crippen molar-refractivity contribution in [1.82, 2.24) is 19.6 Å². The van der Waals surface area contributed by atoms with Gasteiger partial charge in [0.15, 0.2) is 0 Å². The van der Waals surface area contributed by atoms with Gasteiger partial charge in [-0.25, -0.2) is 18.1 Å². The third kappa shape index (κ3) is 3.70. The molecule has 6 nitrogen and oxygen atoms in total. The van der Waals surface area contributed by atoms with Crippen molar-refractivity contribution in [2.75, 3.05) is 0 Å². The van der Waals surface area contributed by atoms with Gasteiger partial charge in [0.25, 0.3) is 0 Å². The molecule has 0 saturated heterocycles. The largest absolute Gasteiger partial charge is 0.337 e. The Morgan fingerprint density at radius 3 is 2.90 bits per heavy atom. The fraction of sp³-hybridized carbons (Fsp3) is 0.462. The topological polar surface area (TPSA) is 76.0 Å². The fourth-order valence-corrected chi connectivity index (χ4v) is 4.14. The van der Waals surface area contributed by atoms with E-state index in [1.54, 1.807) is 28.4 Å². The summed E-state index contributed by atoms with van der Waals surface area (Å²) in [6.07, 6.45) is 5.88. The summed E-state index contributed by atoms with van der Waals surface area (Å²) in [5.74, 6) is 0.685. The van der Waals surface area contributed by atoms with E-state index in [1.807, 2.05) is 7.05 Å². The highest BCUT2D eigenvalue weighted by atomic mass is 32.2. The molecule has 0 unspecified atom stereocenters. The number of rotatable bonds is 7. The van der Waals surface area contributed by atoms with Gasteiger partial charge in [-0.3, -0.25) is 0 Å². The average Bonchev–Trinajstić information content (AvgIpc) is 2.98. The number of hydrogen-bond acceptors (Lipinski definition) is 5. The monoisotopic (exact) mass is 326 g/mol. The van der Waals surface area contributed by atoms with E-state index in [1.165, 1.54) is 24.2 Å². The Hall–Kier alpha value is -1.22. The molecule has 0 bridgehead atoms. The van der Waals surface area contributed by atoms with Gasteiger partial charge in [-0.15, -0.1) is 11.3 Å². The molecule has 2 heterocycles. The minimum Gasteiger partial charge on any atom is -0.337 e. The molecule has 0 spiro atoms. The first-order chi connectivity index (χ1) is 10.0. The SMILES string of the molecule is Cn1ccnc1CNS(=O)(=O)c1csc(CNC2CC2)c1. The van der Waals surface area contributed by atoms with E-state index in [0.29, 0.717) is 16.8 Å². The third-order valence-electron chi connectivity index (χ3n) is 3.42. The zero-order chi connectivity index (χ0) is 14.9. The molecule has 8 heteroatoms. The smallest absolute Gasteiger partial charge is 0.241 e. The molecule has 21 heavy (non-hydrogen) atoms. The van der Waals surface area contributed by atoms with Crippen LogP contribution in [0.4, 0.5) is 0 Å². The summed E-state index contributed by atoms with van der Waals surface area (Å²) in [5, 5.41) is 5.07. The highest BCUT2D eigenvalue weighted by Crippen LogP contribution is 2.22. The molecule has 2 N–H and O–H groups in total. The average molecular weight is 326 g/mol. The van der Waals surface area contributed by atoms with Crippen LogP contribution in [-0.2, 0) is 30.2 Å². The third-order valence-corrected chi connectivity index (χ3v) is 5.89.